The van der Waals surface area contributed by atoms with Crippen molar-refractivity contribution in [2.75, 3.05) is 13.6 Å². The molecule has 1 unspecified atom stereocenters. The Labute approximate surface area is 115 Å². The van der Waals surface area contributed by atoms with Crippen LogP contribution in [0.15, 0.2) is 24.3 Å². The molecule has 1 aliphatic rings. The Bertz CT molecular complexity index is 382. The molecule has 0 saturated heterocycles. The molecule has 0 aromatic heterocycles. The molecule has 19 heavy (non-hydrogen) atoms. The molecule has 0 bridgehead atoms. The molecule has 106 valence electrons. The maximum atomic E-state index is 12.9. The van der Waals surface area contributed by atoms with Crippen LogP contribution in [0.5, 0.6) is 0 Å². The maximum absolute atomic E-state index is 12.9. The number of benzene rings is 1. The zero-order valence-corrected chi connectivity index (χ0v) is 12.0. The van der Waals surface area contributed by atoms with Crippen LogP contribution in [-0.4, -0.2) is 24.5 Å². The second-order valence-electron chi connectivity index (χ2n) is 6.01. The van der Waals surface area contributed by atoms with Crippen LogP contribution < -0.4 is 5.73 Å². The Kier molecular flexibility index (Phi) is 4.94. The SMILES string of the molecule is CC1CCC(N(C)CC(N)c2ccc(F)cc2)CC1. The molecule has 2 N–H and O–H groups in total. The van der Waals surface area contributed by atoms with E-state index < -0.39 is 0 Å². The van der Waals surface area contributed by atoms with Crippen molar-refractivity contribution in [1.82, 2.24) is 4.90 Å². The van der Waals surface area contributed by atoms with Gasteiger partial charge in [0.1, 0.15) is 5.82 Å². The number of nitrogens with zero attached hydrogens (tertiary/aromatic N) is 1. The molecule has 0 radical (unpaired) electrons. The Morgan fingerprint density at radius 3 is 2.37 bits per heavy atom. The fraction of sp³-hybridized carbons (Fsp3) is 0.625. The van der Waals surface area contributed by atoms with Gasteiger partial charge in [0, 0.05) is 18.6 Å². The van der Waals surface area contributed by atoms with E-state index in [1.165, 1.54) is 37.8 Å². The molecular formula is C16H25FN2. The summed E-state index contributed by atoms with van der Waals surface area (Å²) in [5.74, 6) is 0.668. The molecule has 0 heterocycles. The predicted octanol–water partition coefficient (Wildman–Crippen LogP) is 3.34. The number of likely N-dealkylation sites (N-methyl/N-ethyl adjacent to an activating group) is 1. The molecule has 1 fully saturated rings. The summed E-state index contributed by atoms with van der Waals surface area (Å²) in [6.07, 6.45) is 5.18. The molecule has 0 spiro atoms. The van der Waals surface area contributed by atoms with Crippen molar-refractivity contribution in [3.05, 3.63) is 35.6 Å². The number of hydrogen-bond donors (Lipinski definition) is 1. The van der Waals surface area contributed by atoms with Crippen LogP contribution in [0.2, 0.25) is 0 Å². The van der Waals surface area contributed by atoms with Gasteiger partial charge in [0.2, 0.25) is 0 Å². The van der Waals surface area contributed by atoms with E-state index in [2.05, 4.69) is 18.9 Å². The first-order valence-corrected chi connectivity index (χ1v) is 7.27. The highest BCUT2D eigenvalue weighted by Gasteiger charge is 2.22. The van der Waals surface area contributed by atoms with Gasteiger partial charge in [-0.2, -0.15) is 0 Å². The van der Waals surface area contributed by atoms with Crippen LogP contribution in [0.25, 0.3) is 0 Å². The van der Waals surface area contributed by atoms with E-state index in [1.807, 2.05) is 0 Å². The second kappa shape index (κ2) is 6.49. The first kappa shape index (κ1) is 14.5. The van der Waals surface area contributed by atoms with Crippen LogP contribution in [0.4, 0.5) is 4.39 Å². The highest BCUT2D eigenvalue weighted by molar-refractivity contribution is 5.19. The summed E-state index contributed by atoms with van der Waals surface area (Å²) in [5, 5.41) is 0. The van der Waals surface area contributed by atoms with Crippen molar-refractivity contribution in [2.45, 2.75) is 44.7 Å². The van der Waals surface area contributed by atoms with Crippen molar-refractivity contribution in [2.24, 2.45) is 11.7 Å². The fourth-order valence-electron chi connectivity index (χ4n) is 2.96. The highest BCUT2D eigenvalue weighted by Crippen LogP contribution is 2.27. The van der Waals surface area contributed by atoms with Crippen LogP contribution >= 0.6 is 0 Å². The summed E-state index contributed by atoms with van der Waals surface area (Å²) in [4.78, 5) is 2.37. The summed E-state index contributed by atoms with van der Waals surface area (Å²) >= 11 is 0. The third-order valence-corrected chi connectivity index (χ3v) is 4.39. The number of halogens is 1. The fourth-order valence-corrected chi connectivity index (χ4v) is 2.96. The molecule has 1 aliphatic carbocycles. The molecule has 1 saturated carbocycles. The van der Waals surface area contributed by atoms with Crippen molar-refractivity contribution in [3.8, 4) is 0 Å². The van der Waals surface area contributed by atoms with Crippen molar-refractivity contribution in [3.63, 3.8) is 0 Å². The van der Waals surface area contributed by atoms with Gasteiger partial charge in [0.05, 0.1) is 0 Å². The molecule has 2 nitrogen and oxygen atoms in total. The van der Waals surface area contributed by atoms with Gasteiger partial charge in [-0.15, -0.1) is 0 Å². The minimum absolute atomic E-state index is 0.0371. The highest BCUT2D eigenvalue weighted by atomic mass is 19.1. The zero-order valence-electron chi connectivity index (χ0n) is 12.0. The van der Waals surface area contributed by atoms with Gasteiger partial charge in [-0.05, 0) is 56.3 Å². The Balaban J connectivity index is 1.87. The lowest BCUT2D eigenvalue weighted by molar-refractivity contribution is 0.162. The van der Waals surface area contributed by atoms with Gasteiger partial charge in [0.25, 0.3) is 0 Å². The lowest BCUT2D eigenvalue weighted by Crippen LogP contribution is -2.39. The van der Waals surface area contributed by atoms with E-state index in [0.29, 0.717) is 6.04 Å². The molecule has 1 aromatic carbocycles. The Morgan fingerprint density at radius 1 is 1.21 bits per heavy atom. The zero-order chi connectivity index (χ0) is 13.8. The van der Waals surface area contributed by atoms with E-state index in [4.69, 9.17) is 5.73 Å². The van der Waals surface area contributed by atoms with Crippen LogP contribution in [0, 0.1) is 11.7 Å². The summed E-state index contributed by atoms with van der Waals surface area (Å²) in [6, 6.07) is 7.16. The largest absolute Gasteiger partial charge is 0.323 e. The smallest absolute Gasteiger partial charge is 0.123 e. The summed E-state index contributed by atoms with van der Waals surface area (Å²) in [5.41, 5.74) is 7.23. The van der Waals surface area contributed by atoms with Gasteiger partial charge in [0.15, 0.2) is 0 Å². The van der Waals surface area contributed by atoms with Gasteiger partial charge >= 0.3 is 0 Å². The Morgan fingerprint density at radius 2 is 1.79 bits per heavy atom. The lowest BCUT2D eigenvalue weighted by Gasteiger charge is -2.35. The maximum Gasteiger partial charge on any atom is 0.123 e. The van der Waals surface area contributed by atoms with E-state index >= 15 is 0 Å². The van der Waals surface area contributed by atoms with Gasteiger partial charge < -0.3 is 10.6 Å². The molecule has 0 amide bonds. The third-order valence-electron chi connectivity index (χ3n) is 4.39. The summed E-state index contributed by atoms with van der Waals surface area (Å²) in [7, 11) is 2.16. The van der Waals surface area contributed by atoms with E-state index in [9.17, 15) is 4.39 Å². The van der Waals surface area contributed by atoms with Crippen LogP contribution in [0.1, 0.15) is 44.2 Å². The normalized spacial score (nSPS) is 25.5. The lowest BCUT2D eigenvalue weighted by atomic mass is 9.86. The van der Waals surface area contributed by atoms with Gasteiger partial charge in [-0.25, -0.2) is 4.39 Å². The van der Waals surface area contributed by atoms with Crippen molar-refractivity contribution >= 4 is 0 Å². The molecule has 1 atom stereocenters. The van der Waals surface area contributed by atoms with E-state index in [0.717, 1.165) is 18.0 Å². The monoisotopic (exact) mass is 264 g/mol. The van der Waals surface area contributed by atoms with Crippen LogP contribution in [-0.2, 0) is 0 Å². The number of rotatable bonds is 4. The Hall–Kier alpha value is -0.930. The number of hydrogen-bond acceptors (Lipinski definition) is 2. The molecule has 0 aliphatic heterocycles. The molecular weight excluding hydrogens is 239 g/mol. The second-order valence-corrected chi connectivity index (χ2v) is 6.01. The standard InChI is InChI=1S/C16H25FN2/c1-12-3-9-15(10-4-12)19(2)11-16(18)13-5-7-14(17)8-6-13/h5-8,12,15-16H,3-4,9-11,18H2,1-2H3. The third kappa shape index (κ3) is 4.02. The predicted molar refractivity (Wildman–Crippen MR) is 77.4 cm³/mol. The first-order valence-electron chi connectivity index (χ1n) is 7.27. The topological polar surface area (TPSA) is 29.3 Å². The summed E-state index contributed by atoms with van der Waals surface area (Å²) < 4.78 is 12.9. The van der Waals surface area contributed by atoms with E-state index in [1.54, 1.807) is 12.1 Å². The molecule has 3 heteroatoms. The molecule has 1 aromatic rings. The van der Waals surface area contributed by atoms with E-state index in [-0.39, 0.29) is 11.9 Å². The average molecular weight is 264 g/mol. The summed E-state index contributed by atoms with van der Waals surface area (Å²) in [6.45, 7) is 3.17. The average Bonchev–Trinajstić information content (AvgIpc) is 2.40. The minimum Gasteiger partial charge on any atom is -0.323 e. The van der Waals surface area contributed by atoms with Crippen molar-refractivity contribution < 1.29 is 4.39 Å². The minimum atomic E-state index is -0.203. The first-order chi connectivity index (χ1) is 9.06. The van der Waals surface area contributed by atoms with Crippen molar-refractivity contribution in [1.29, 1.82) is 0 Å². The van der Waals surface area contributed by atoms with Crippen LogP contribution in [0.3, 0.4) is 0 Å². The quantitative estimate of drug-likeness (QED) is 0.903. The molecule has 2 rings (SSSR count). The van der Waals surface area contributed by atoms with Gasteiger partial charge in [-0.1, -0.05) is 19.1 Å². The van der Waals surface area contributed by atoms with Gasteiger partial charge in [-0.3, -0.25) is 0 Å². The number of nitrogens with two attached hydrogens (primary N) is 1.